The topological polar surface area (TPSA) is 161 Å². The molecule has 2 aromatic carbocycles. The van der Waals surface area contributed by atoms with Crippen LogP contribution in [-0.2, 0) is 18.8 Å². The van der Waals surface area contributed by atoms with Gasteiger partial charge >= 0.3 is 28.2 Å². The minimum atomic E-state index is 0. The number of anilines is 1. The van der Waals surface area contributed by atoms with Gasteiger partial charge in [0, 0.05) is 17.3 Å². The van der Waals surface area contributed by atoms with Gasteiger partial charge in [-0.2, -0.15) is 13.1 Å². The number of halogens is 1. The fourth-order valence-electron chi connectivity index (χ4n) is 2.63. The van der Waals surface area contributed by atoms with Crippen LogP contribution in [0.5, 0.6) is 0 Å². The predicted octanol–water partition coefficient (Wildman–Crippen LogP) is 4.24. The molecule has 1 heterocycles. The Morgan fingerprint density at radius 2 is 1.45 bits per heavy atom. The van der Waals surface area contributed by atoms with Gasteiger partial charge < -0.3 is 38.0 Å². The van der Waals surface area contributed by atoms with E-state index in [-0.39, 0.29) is 11.0 Å². The number of para-hydroxylation sites is 2. The van der Waals surface area contributed by atoms with E-state index in [1.165, 1.54) is 0 Å². The molecule has 0 saturated carbocycles. The molecule has 0 spiro atoms. The van der Waals surface area contributed by atoms with Crippen molar-refractivity contribution in [3.63, 3.8) is 0 Å². The van der Waals surface area contributed by atoms with Gasteiger partial charge in [0.2, 0.25) is 0 Å². The minimum absolute atomic E-state index is 0. The monoisotopic (exact) mass is 629 g/mol. The first-order valence-corrected chi connectivity index (χ1v) is 12.1. The van der Waals surface area contributed by atoms with Crippen LogP contribution < -0.4 is 5.32 Å². The van der Waals surface area contributed by atoms with Crippen molar-refractivity contribution in [1.82, 2.24) is 9.88 Å². The molecule has 0 aliphatic carbocycles. The molecule has 0 atom stereocenters. The summed E-state index contributed by atoms with van der Waals surface area (Å²) in [5.41, 5.74) is 16.0. The summed E-state index contributed by atoms with van der Waals surface area (Å²) >= 11 is 1.61. The number of amidine groups is 1. The van der Waals surface area contributed by atoms with Crippen molar-refractivity contribution in [2.24, 2.45) is 0 Å². The number of hydrogen-bond acceptors (Lipinski definition) is 2. The molecule has 8 nitrogen and oxygen atoms in total. The zero-order valence-electron chi connectivity index (χ0n) is 17.7. The third-order valence-electron chi connectivity index (χ3n) is 4.24. The van der Waals surface area contributed by atoms with Crippen LogP contribution >= 0.6 is 9.42 Å². The minimum Gasteiger partial charge on any atom is -0.677 e. The van der Waals surface area contributed by atoms with Gasteiger partial charge in [0.05, 0.1) is 16.7 Å². The Morgan fingerprint density at radius 1 is 1.00 bits per heavy atom. The van der Waals surface area contributed by atoms with Crippen LogP contribution in [0.15, 0.2) is 48.5 Å². The second-order valence-corrected chi connectivity index (χ2v) is 6.27. The Balaban J connectivity index is 0. The van der Waals surface area contributed by atoms with E-state index in [0.717, 1.165) is 47.0 Å². The Morgan fingerprint density at radius 3 is 1.84 bits per heavy atom. The van der Waals surface area contributed by atoms with Gasteiger partial charge in [0.1, 0.15) is 0 Å². The molecule has 10 heteroatoms. The molecule has 0 fully saturated rings. The van der Waals surface area contributed by atoms with Crippen LogP contribution in [0.25, 0.3) is 38.7 Å². The van der Waals surface area contributed by atoms with Gasteiger partial charge in [-0.25, -0.2) is 4.98 Å². The molecule has 0 unspecified atom stereocenters. The van der Waals surface area contributed by atoms with Gasteiger partial charge in [0.25, 0.3) is 0 Å². The number of fused-ring (bicyclic) bond motifs is 2. The quantitative estimate of drug-likeness (QED) is 0.246. The van der Waals surface area contributed by atoms with E-state index in [0.29, 0.717) is 18.9 Å². The number of nitrogens with one attached hydrogen (secondary N) is 3. The predicted molar refractivity (Wildman–Crippen MR) is 130 cm³/mol. The summed E-state index contributed by atoms with van der Waals surface area (Å²) in [5.74, 6) is 0.325. The van der Waals surface area contributed by atoms with Crippen molar-refractivity contribution in [2.75, 3.05) is 38.5 Å². The third kappa shape index (κ3) is 9.91. The molecule has 31 heavy (non-hydrogen) atoms. The zero-order valence-corrected chi connectivity index (χ0v) is 20.7. The normalized spacial score (nSPS) is 9.26. The number of aromatic nitrogens is 1. The summed E-state index contributed by atoms with van der Waals surface area (Å²) < 4.78 is 0. The molecule has 0 aliphatic heterocycles. The van der Waals surface area contributed by atoms with Crippen LogP contribution in [0, 0.1) is 0 Å². The largest absolute Gasteiger partial charge is 0.677 e. The van der Waals surface area contributed by atoms with Crippen LogP contribution in [-0.4, -0.2) is 59.9 Å². The van der Waals surface area contributed by atoms with E-state index in [9.17, 15) is 5.41 Å². The zero-order chi connectivity index (χ0) is 21.6. The SMILES string of the molecule is CC(=[N-])N(C)CCNc1c2ccccc2nc2ccccc12.O.O.[Cl][Pt].[NH-]CCC[NH-]. The second-order valence-electron chi connectivity index (χ2n) is 6.27. The fraction of sp³-hybridized carbons (Fsp3) is 0.333. The summed E-state index contributed by atoms with van der Waals surface area (Å²) in [7, 11) is 6.49. The molecule has 177 valence electrons. The van der Waals surface area contributed by atoms with Crippen LogP contribution in [0.4, 0.5) is 5.69 Å². The van der Waals surface area contributed by atoms with Crippen molar-refractivity contribution >= 4 is 42.7 Å². The molecule has 0 amide bonds. The first kappa shape index (κ1) is 31.4. The van der Waals surface area contributed by atoms with Gasteiger partial charge in [-0.3, -0.25) is 0 Å². The van der Waals surface area contributed by atoms with Crippen molar-refractivity contribution in [3.8, 4) is 0 Å². The van der Waals surface area contributed by atoms with Crippen molar-refractivity contribution in [1.29, 1.82) is 0 Å². The van der Waals surface area contributed by atoms with E-state index in [4.69, 9.17) is 16.5 Å². The Bertz CT molecular complexity index is 844. The van der Waals surface area contributed by atoms with Gasteiger partial charge in [0.15, 0.2) is 0 Å². The van der Waals surface area contributed by atoms with Gasteiger partial charge in [-0.05, 0) is 25.6 Å². The summed E-state index contributed by atoms with van der Waals surface area (Å²) in [6.07, 6.45) is 0.722. The molecule has 3 rings (SSSR count). The first-order valence-electron chi connectivity index (χ1n) is 9.24. The van der Waals surface area contributed by atoms with Gasteiger partial charge in [-0.15, -0.1) is 0 Å². The molecule has 1 aromatic heterocycles. The number of pyridine rings is 1. The molecule has 0 bridgehead atoms. The Hall–Kier alpha value is -1.80. The Kier molecular flexibility index (Phi) is 18.1. The van der Waals surface area contributed by atoms with Crippen LogP contribution in [0.3, 0.4) is 0 Å². The fourth-order valence-corrected chi connectivity index (χ4v) is 2.63. The molecule has 0 radical (unpaired) electrons. The van der Waals surface area contributed by atoms with E-state index < -0.39 is 0 Å². The molecule has 0 aliphatic rings. The van der Waals surface area contributed by atoms with Crippen molar-refractivity contribution in [3.05, 3.63) is 65.4 Å². The smallest absolute Gasteiger partial charge is 0.0916 e. The van der Waals surface area contributed by atoms with Crippen LogP contribution in [0.1, 0.15) is 13.3 Å². The average molecular weight is 630 g/mol. The summed E-state index contributed by atoms with van der Waals surface area (Å²) in [4.78, 5) is 6.53. The van der Waals surface area contributed by atoms with Crippen LogP contribution in [0.2, 0.25) is 0 Å². The number of rotatable bonds is 6. The summed E-state index contributed by atoms with van der Waals surface area (Å²) in [6, 6.07) is 16.3. The Labute approximate surface area is 199 Å². The molecular formula is C21H31ClN6O2Pt-3. The number of hydrogen-bond donors (Lipinski definition) is 1. The van der Waals surface area contributed by atoms with E-state index in [2.05, 4.69) is 26.9 Å². The molecule has 3 aromatic rings. The molecule has 0 saturated heterocycles. The second kappa shape index (κ2) is 17.8. The van der Waals surface area contributed by atoms with E-state index in [1.54, 1.807) is 25.7 Å². The first-order chi connectivity index (χ1) is 14.1. The van der Waals surface area contributed by atoms with Gasteiger partial charge in [-0.1, -0.05) is 55.7 Å². The summed E-state index contributed by atoms with van der Waals surface area (Å²) in [5, 5.41) is 15.2. The number of nitrogens with zero attached hydrogens (tertiary/aromatic N) is 3. The number of likely N-dealkylation sites (N-methyl/N-ethyl adjacent to an activating group) is 1. The maximum absolute atomic E-state index is 9.47. The maximum atomic E-state index is 9.47. The standard InChI is InChI=1S/C18H19N4.C3H8N2.ClH.2H2O.Pt/c1-13(19)22(2)12-11-20-18-14-7-3-5-9-16(14)21-17-10-6-4-8-15(17)18;4-2-1-3-5;;;;/h3-10H,11-12H2,1-2H3,(H,20,21);4-5H,1-3H2;1H;2*1H2;/q-1;-2;;;;+1/p-1. The number of benzene rings is 2. The van der Waals surface area contributed by atoms with Crippen molar-refractivity contribution < 1.29 is 29.7 Å². The molecule has 7 N–H and O–H groups in total. The maximum Gasteiger partial charge on any atom is -0.0916 e. The van der Waals surface area contributed by atoms with E-state index >= 15 is 0 Å². The molecular weight excluding hydrogens is 599 g/mol. The average Bonchev–Trinajstić information content (AvgIpc) is 2.75. The van der Waals surface area contributed by atoms with E-state index in [1.807, 2.05) is 48.3 Å². The van der Waals surface area contributed by atoms with Crippen molar-refractivity contribution in [2.45, 2.75) is 13.3 Å². The third-order valence-corrected chi connectivity index (χ3v) is 4.24. The summed E-state index contributed by atoms with van der Waals surface area (Å²) in [6.45, 7) is 3.98.